The molecule has 1 aliphatic carbocycles. The first-order valence-electron chi connectivity index (χ1n) is 13.3. The van der Waals surface area contributed by atoms with Crippen LogP contribution in [0, 0.1) is 5.92 Å². The van der Waals surface area contributed by atoms with Gasteiger partial charge < -0.3 is 20.2 Å². The summed E-state index contributed by atoms with van der Waals surface area (Å²) in [4.78, 5) is 41.7. The minimum atomic E-state index is -0.715. The predicted molar refractivity (Wildman–Crippen MR) is 136 cm³/mol. The van der Waals surface area contributed by atoms with Gasteiger partial charge in [-0.05, 0) is 87.1 Å². The van der Waals surface area contributed by atoms with Gasteiger partial charge in [0.05, 0.1) is 0 Å². The number of urea groups is 1. The number of carbonyl (C=O) groups excluding carboxylic acids is 2. The normalized spacial score (nSPS) is 23.2. The van der Waals surface area contributed by atoms with Gasteiger partial charge in [0.2, 0.25) is 5.91 Å². The van der Waals surface area contributed by atoms with Crippen LogP contribution in [0.1, 0.15) is 63.0 Å². The summed E-state index contributed by atoms with van der Waals surface area (Å²) in [6, 6.07) is 6.93. The molecular formula is C27H40N4O4. The van der Waals surface area contributed by atoms with Crippen LogP contribution in [0.2, 0.25) is 0 Å². The third-order valence-electron chi connectivity index (χ3n) is 7.99. The number of hydrogen-bond donors (Lipinski definition) is 2. The molecule has 35 heavy (non-hydrogen) atoms. The van der Waals surface area contributed by atoms with Crippen molar-refractivity contribution in [1.82, 2.24) is 15.1 Å². The molecule has 0 radical (unpaired) electrons. The third-order valence-corrected chi connectivity index (χ3v) is 7.99. The molecule has 0 aromatic heterocycles. The second kappa shape index (κ2) is 11.9. The summed E-state index contributed by atoms with van der Waals surface area (Å²) in [7, 11) is 0. The van der Waals surface area contributed by atoms with Crippen LogP contribution in [0.3, 0.4) is 0 Å². The molecule has 1 saturated carbocycles. The molecule has 4 rings (SSSR count). The summed E-state index contributed by atoms with van der Waals surface area (Å²) in [5, 5.41) is 11.8. The summed E-state index contributed by atoms with van der Waals surface area (Å²) in [5.41, 5.74) is 3.73. The maximum absolute atomic E-state index is 13.3. The van der Waals surface area contributed by atoms with Crippen molar-refractivity contribution in [1.29, 1.82) is 0 Å². The zero-order valence-corrected chi connectivity index (χ0v) is 21.0. The summed E-state index contributed by atoms with van der Waals surface area (Å²) in [5.74, 6) is -0.210. The smallest absolute Gasteiger partial charge is 0.324 e. The van der Waals surface area contributed by atoms with Gasteiger partial charge in [-0.15, -0.1) is 0 Å². The van der Waals surface area contributed by atoms with Crippen LogP contribution in [-0.4, -0.2) is 78.1 Å². The minimum absolute atomic E-state index is 0.0271. The summed E-state index contributed by atoms with van der Waals surface area (Å²) < 4.78 is 0. The molecule has 1 aromatic carbocycles. The fourth-order valence-corrected chi connectivity index (χ4v) is 5.92. The van der Waals surface area contributed by atoms with Crippen molar-refractivity contribution in [3.8, 4) is 0 Å². The second-order valence-electron chi connectivity index (χ2n) is 10.4. The topological polar surface area (TPSA) is 93.2 Å². The Balaban J connectivity index is 1.29. The second-order valence-corrected chi connectivity index (χ2v) is 10.4. The quantitative estimate of drug-likeness (QED) is 0.525. The molecule has 2 N–H and O–H groups in total. The molecule has 0 spiro atoms. The monoisotopic (exact) mass is 484 g/mol. The van der Waals surface area contributed by atoms with Crippen LogP contribution in [-0.2, 0) is 22.4 Å². The predicted octanol–water partition coefficient (Wildman–Crippen LogP) is 3.28. The molecule has 8 nitrogen and oxygen atoms in total. The number of amides is 3. The van der Waals surface area contributed by atoms with Gasteiger partial charge in [-0.3, -0.25) is 14.5 Å². The number of hydrogen-bond acceptors (Lipinski definition) is 4. The van der Waals surface area contributed by atoms with Crippen molar-refractivity contribution in [3.05, 3.63) is 29.3 Å². The van der Waals surface area contributed by atoms with Gasteiger partial charge in [0.15, 0.2) is 0 Å². The molecule has 3 aliphatic rings. The van der Waals surface area contributed by atoms with Crippen LogP contribution >= 0.6 is 0 Å². The SMILES string of the molecule is CC(=O)NCCCN1CCc2ccc(N3CCN(C4CCC(CCC(=O)O)CC4)C3=O)cc2CC1. The fourth-order valence-electron chi connectivity index (χ4n) is 5.92. The van der Waals surface area contributed by atoms with Crippen LogP contribution < -0.4 is 10.2 Å². The first kappa shape index (κ1) is 25.5. The number of rotatable bonds is 9. The highest BCUT2D eigenvalue weighted by molar-refractivity contribution is 5.94. The van der Waals surface area contributed by atoms with E-state index in [0.717, 1.165) is 96.3 Å². The third kappa shape index (κ3) is 6.75. The number of nitrogens with one attached hydrogen (secondary N) is 1. The van der Waals surface area contributed by atoms with Crippen LogP contribution in [0.15, 0.2) is 18.2 Å². The minimum Gasteiger partial charge on any atom is -0.481 e. The number of carbonyl (C=O) groups is 3. The molecule has 192 valence electrons. The van der Waals surface area contributed by atoms with E-state index in [0.29, 0.717) is 5.92 Å². The van der Waals surface area contributed by atoms with Crippen molar-refractivity contribution < 1.29 is 19.5 Å². The van der Waals surface area contributed by atoms with Crippen molar-refractivity contribution in [2.75, 3.05) is 44.2 Å². The van der Waals surface area contributed by atoms with Crippen molar-refractivity contribution in [2.45, 2.75) is 70.8 Å². The molecule has 0 bridgehead atoms. The van der Waals surface area contributed by atoms with E-state index in [1.54, 1.807) is 6.92 Å². The Hall–Kier alpha value is -2.61. The summed E-state index contributed by atoms with van der Waals surface area (Å²) >= 11 is 0. The lowest BCUT2D eigenvalue weighted by atomic mass is 9.83. The van der Waals surface area contributed by atoms with Crippen molar-refractivity contribution in [2.24, 2.45) is 5.92 Å². The summed E-state index contributed by atoms with van der Waals surface area (Å²) in [6.07, 6.45) is 7.95. The lowest BCUT2D eigenvalue weighted by Gasteiger charge is -2.34. The zero-order chi connectivity index (χ0) is 24.8. The number of benzene rings is 1. The highest BCUT2D eigenvalue weighted by atomic mass is 16.4. The Labute approximate surface area is 208 Å². The molecule has 0 atom stereocenters. The molecule has 1 saturated heterocycles. The van der Waals surface area contributed by atoms with E-state index in [-0.39, 0.29) is 24.4 Å². The van der Waals surface area contributed by atoms with Gasteiger partial charge in [-0.25, -0.2) is 4.79 Å². The number of anilines is 1. The molecule has 2 aliphatic heterocycles. The summed E-state index contributed by atoms with van der Waals surface area (Å²) in [6.45, 7) is 6.79. The van der Waals surface area contributed by atoms with Crippen LogP contribution in [0.4, 0.5) is 10.5 Å². The first-order valence-corrected chi connectivity index (χ1v) is 13.3. The highest BCUT2D eigenvalue weighted by Crippen LogP contribution is 2.33. The number of nitrogens with zero attached hydrogens (tertiary/aromatic N) is 3. The highest BCUT2D eigenvalue weighted by Gasteiger charge is 2.36. The molecule has 0 unspecified atom stereocenters. The van der Waals surface area contributed by atoms with E-state index in [4.69, 9.17) is 5.11 Å². The lowest BCUT2D eigenvalue weighted by molar-refractivity contribution is -0.137. The Kier molecular flexibility index (Phi) is 8.65. The number of aliphatic carboxylic acids is 1. The fraction of sp³-hybridized carbons (Fsp3) is 0.667. The average Bonchev–Trinajstić information content (AvgIpc) is 3.10. The van der Waals surface area contributed by atoms with E-state index < -0.39 is 5.97 Å². The van der Waals surface area contributed by atoms with E-state index >= 15 is 0 Å². The van der Waals surface area contributed by atoms with Gasteiger partial charge in [-0.2, -0.15) is 0 Å². The maximum Gasteiger partial charge on any atom is 0.324 e. The standard InChI is InChI=1S/C27H40N4O4/c1-20(32)28-13-2-14-29-15-11-22-6-9-25(19-23(22)12-16-29)31-18-17-30(27(31)35)24-7-3-21(4-8-24)5-10-26(33)34/h6,9,19,21,24H,2-5,7-8,10-18H2,1H3,(H,28,32)(H,33,34). The van der Waals surface area contributed by atoms with Crippen LogP contribution in [0.5, 0.6) is 0 Å². The molecule has 2 fully saturated rings. The average molecular weight is 485 g/mol. The first-order chi connectivity index (χ1) is 16.9. The van der Waals surface area contributed by atoms with Gasteiger partial charge in [0.25, 0.3) is 0 Å². The molecular weight excluding hydrogens is 444 g/mol. The van der Waals surface area contributed by atoms with Gasteiger partial charge >= 0.3 is 12.0 Å². The number of carboxylic acids is 1. The molecule has 1 aromatic rings. The maximum atomic E-state index is 13.3. The van der Waals surface area contributed by atoms with Crippen molar-refractivity contribution >= 4 is 23.6 Å². The Morgan fingerprint density at radius 2 is 1.77 bits per heavy atom. The van der Waals surface area contributed by atoms with Gasteiger partial charge in [0.1, 0.15) is 0 Å². The largest absolute Gasteiger partial charge is 0.481 e. The van der Waals surface area contributed by atoms with Gasteiger partial charge in [-0.1, -0.05) is 6.07 Å². The number of carboxylic acid groups (broad SMARTS) is 1. The van der Waals surface area contributed by atoms with Crippen molar-refractivity contribution in [3.63, 3.8) is 0 Å². The zero-order valence-electron chi connectivity index (χ0n) is 21.0. The van der Waals surface area contributed by atoms with E-state index in [1.165, 1.54) is 11.1 Å². The molecule has 3 amide bonds. The number of fused-ring (bicyclic) bond motifs is 1. The molecule has 2 heterocycles. The van der Waals surface area contributed by atoms with Gasteiger partial charge in [0, 0.05) is 57.8 Å². The Bertz CT molecular complexity index is 912. The molecule has 8 heteroatoms. The van der Waals surface area contributed by atoms with E-state index in [1.807, 2.05) is 4.90 Å². The van der Waals surface area contributed by atoms with E-state index in [2.05, 4.69) is 33.3 Å². The Morgan fingerprint density at radius 3 is 2.49 bits per heavy atom. The van der Waals surface area contributed by atoms with E-state index in [9.17, 15) is 14.4 Å². The van der Waals surface area contributed by atoms with Crippen LogP contribution in [0.25, 0.3) is 0 Å². The Morgan fingerprint density at radius 1 is 1.03 bits per heavy atom. The lowest BCUT2D eigenvalue weighted by Crippen LogP contribution is -2.41.